The van der Waals surface area contributed by atoms with Gasteiger partial charge < -0.3 is 18.6 Å². The normalized spacial score (nSPS) is 12.2. The first kappa shape index (κ1) is 18.6. The third-order valence-electron chi connectivity index (χ3n) is 3.90. The fourth-order valence-corrected chi connectivity index (χ4v) is 2.70. The summed E-state index contributed by atoms with van der Waals surface area (Å²) < 4.78 is 20.9. The number of ether oxygens (including phenoxy) is 3. The Bertz CT molecular complexity index is 1090. The van der Waals surface area contributed by atoms with Gasteiger partial charge in [0.15, 0.2) is 17.3 Å². The van der Waals surface area contributed by atoms with Gasteiger partial charge in [0, 0.05) is 10.6 Å². The second kappa shape index (κ2) is 8.07. The number of esters is 1. The number of halogens is 1. The minimum atomic E-state index is -0.597. The molecule has 0 unspecified atom stereocenters. The van der Waals surface area contributed by atoms with Gasteiger partial charge in [0.2, 0.25) is 6.79 Å². The van der Waals surface area contributed by atoms with Gasteiger partial charge in [0.25, 0.3) is 0 Å². The first-order valence-electron chi connectivity index (χ1n) is 8.38. The van der Waals surface area contributed by atoms with Gasteiger partial charge in [-0.3, -0.25) is 4.79 Å². The van der Waals surface area contributed by atoms with Gasteiger partial charge in [0.1, 0.15) is 5.75 Å². The zero-order valence-corrected chi connectivity index (χ0v) is 15.5. The highest BCUT2D eigenvalue weighted by Crippen LogP contribution is 2.33. The fraction of sp³-hybridized carbons (Fsp3) is 0.0500. The van der Waals surface area contributed by atoms with Crippen LogP contribution in [0.2, 0.25) is 5.02 Å². The van der Waals surface area contributed by atoms with Gasteiger partial charge in [-0.1, -0.05) is 11.6 Å². The Morgan fingerprint density at radius 3 is 2.79 bits per heavy atom. The average Bonchev–Trinajstić information content (AvgIpc) is 3.41. The van der Waals surface area contributed by atoms with E-state index in [0.717, 1.165) is 0 Å². The summed E-state index contributed by atoms with van der Waals surface area (Å²) in [5.41, 5.74) is 3.00. The molecule has 2 heterocycles. The van der Waals surface area contributed by atoms with Crippen LogP contribution in [0.5, 0.6) is 17.2 Å². The number of carbonyl (C=O) groups is 2. The van der Waals surface area contributed by atoms with Crippen molar-refractivity contribution in [1.82, 2.24) is 5.43 Å². The number of fused-ring (bicyclic) bond motifs is 1. The quantitative estimate of drug-likeness (QED) is 0.297. The Kier molecular flexibility index (Phi) is 5.17. The number of benzene rings is 2. The summed E-state index contributed by atoms with van der Waals surface area (Å²) in [5.74, 6) is 0.244. The van der Waals surface area contributed by atoms with Crippen LogP contribution in [0, 0.1) is 0 Å². The van der Waals surface area contributed by atoms with Crippen LogP contribution in [0.3, 0.4) is 0 Å². The SMILES string of the molecule is O=C(Oc1ccc(Cl)cc1/C=N\NC(=O)c1ccco1)c1ccc2c(c1)OCO2. The molecule has 1 aromatic heterocycles. The van der Waals surface area contributed by atoms with E-state index in [1.165, 1.54) is 30.7 Å². The molecule has 0 radical (unpaired) electrons. The Morgan fingerprint density at radius 2 is 1.97 bits per heavy atom. The average molecular weight is 413 g/mol. The molecule has 1 amide bonds. The fourth-order valence-electron chi connectivity index (χ4n) is 2.52. The van der Waals surface area contributed by atoms with E-state index in [1.807, 2.05) is 0 Å². The molecular formula is C20H13ClN2O6. The van der Waals surface area contributed by atoms with Crippen molar-refractivity contribution in [2.45, 2.75) is 0 Å². The van der Waals surface area contributed by atoms with Crippen LogP contribution in [-0.2, 0) is 0 Å². The van der Waals surface area contributed by atoms with E-state index < -0.39 is 11.9 Å². The third-order valence-corrected chi connectivity index (χ3v) is 4.13. The Labute approximate surface area is 169 Å². The smallest absolute Gasteiger partial charge is 0.343 e. The monoisotopic (exact) mass is 412 g/mol. The molecule has 0 saturated carbocycles. The molecule has 9 heteroatoms. The van der Waals surface area contributed by atoms with Crippen LogP contribution in [-0.4, -0.2) is 24.9 Å². The van der Waals surface area contributed by atoms with Crippen molar-refractivity contribution >= 4 is 29.7 Å². The standard InChI is InChI=1S/C20H13ClN2O6/c21-14-4-6-15(13(8-14)10-22-23-19(24)17-2-1-7-26-17)29-20(25)12-3-5-16-18(9-12)28-11-27-16/h1-10H,11H2,(H,23,24)/b22-10-. The molecule has 1 aliphatic rings. The molecule has 8 nitrogen and oxygen atoms in total. The second-order valence-corrected chi connectivity index (χ2v) is 6.25. The zero-order valence-electron chi connectivity index (χ0n) is 14.8. The molecule has 0 fully saturated rings. The van der Waals surface area contributed by atoms with E-state index in [1.54, 1.807) is 30.3 Å². The lowest BCUT2D eigenvalue weighted by Crippen LogP contribution is -2.17. The molecule has 29 heavy (non-hydrogen) atoms. The second-order valence-electron chi connectivity index (χ2n) is 5.82. The predicted molar refractivity (Wildman–Crippen MR) is 103 cm³/mol. The summed E-state index contributed by atoms with van der Waals surface area (Å²) in [7, 11) is 0. The van der Waals surface area contributed by atoms with Crippen molar-refractivity contribution < 1.29 is 28.2 Å². The molecule has 0 atom stereocenters. The van der Waals surface area contributed by atoms with Crippen LogP contribution in [0.25, 0.3) is 0 Å². The van der Waals surface area contributed by atoms with Crippen molar-refractivity contribution in [3.05, 3.63) is 76.7 Å². The highest BCUT2D eigenvalue weighted by molar-refractivity contribution is 6.31. The number of nitrogens with one attached hydrogen (secondary N) is 1. The maximum Gasteiger partial charge on any atom is 0.343 e. The number of rotatable bonds is 5. The van der Waals surface area contributed by atoms with Crippen molar-refractivity contribution in [2.75, 3.05) is 6.79 Å². The van der Waals surface area contributed by atoms with Gasteiger partial charge in [-0.05, 0) is 48.5 Å². The Hall–Kier alpha value is -3.78. The minimum Gasteiger partial charge on any atom is -0.459 e. The molecule has 146 valence electrons. The molecule has 0 bridgehead atoms. The Morgan fingerprint density at radius 1 is 1.10 bits per heavy atom. The van der Waals surface area contributed by atoms with E-state index in [0.29, 0.717) is 27.6 Å². The lowest BCUT2D eigenvalue weighted by atomic mass is 10.2. The summed E-state index contributed by atoms with van der Waals surface area (Å²) in [6.07, 6.45) is 2.69. The predicted octanol–water partition coefficient (Wildman–Crippen LogP) is 3.64. The van der Waals surface area contributed by atoms with Crippen LogP contribution in [0.1, 0.15) is 26.5 Å². The number of hydrogen-bond acceptors (Lipinski definition) is 7. The number of hydrazone groups is 1. The molecule has 2 aromatic carbocycles. The first-order chi connectivity index (χ1) is 14.1. The summed E-state index contributed by atoms with van der Waals surface area (Å²) in [5, 5.41) is 4.26. The van der Waals surface area contributed by atoms with Crippen molar-refractivity contribution in [2.24, 2.45) is 5.10 Å². The summed E-state index contributed by atoms with van der Waals surface area (Å²) in [4.78, 5) is 24.4. The minimum absolute atomic E-state index is 0.107. The molecule has 0 aliphatic carbocycles. The molecule has 1 aliphatic heterocycles. The third kappa shape index (κ3) is 4.22. The number of hydrogen-bond donors (Lipinski definition) is 1. The maximum atomic E-state index is 12.5. The van der Waals surface area contributed by atoms with Gasteiger partial charge in [-0.2, -0.15) is 5.10 Å². The van der Waals surface area contributed by atoms with Gasteiger partial charge in [-0.25, -0.2) is 10.2 Å². The number of amides is 1. The summed E-state index contributed by atoms with van der Waals surface area (Å²) >= 11 is 6.02. The molecule has 1 N–H and O–H groups in total. The van der Waals surface area contributed by atoms with Crippen LogP contribution < -0.4 is 19.6 Å². The van der Waals surface area contributed by atoms with E-state index in [4.69, 9.17) is 30.2 Å². The van der Waals surface area contributed by atoms with E-state index >= 15 is 0 Å². The molecule has 4 rings (SSSR count). The van der Waals surface area contributed by atoms with Crippen LogP contribution in [0.15, 0.2) is 64.3 Å². The van der Waals surface area contributed by atoms with E-state index in [-0.39, 0.29) is 18.3 Å². The van der Waals surface area contributed by atoms with Gasteiger partial charge in [-0.15, -0.1) is 0 Å². The highest BCUT2D eigenvalue weighted by Gasteiger charge is 2.18. The first-order valence-corrected chi connectivity index (χ1v) is 8.76. The van der Waals surface area contributed by atoms with Crippen LogP contribution >= 0.6 is 11.6 Å². The largest absolute Gasteiger partial charge is 0.459 e. The zero-order chi connectivity index (χ0) is 20.2. The topological polar surface area (TPSA) is 99.4 Å². The number of furan rings is 1. The van der Waals surface area contributed by atoms with Gasteiger partial charge >= 0.3 is 11.9 Å². The molecule has 0 saturated heterocycles. The van der Waals surface area contributed by atoms with E-state index in [2.05, 4.69) is 10.5 Å². The van der Waals surface area contributed by atoms with Crippen molar-refractivity contribution in [3.8, 4) is 17.2 Å². The van der Waals surface area contributed by atoms with E-state index in [9.17, 15) is 9.59 Å². The lowest BCUT2D eigenvalue weighted by Gasteiger charge is -2.08. The highest BCUT2D eigenvalue weighted by atomic mass is 35.5. The van der Waals surface area contributed by atoms with Crippen molar-refractivity contribution in [1.29, 1.82) is 0 Å². The molecule has 3 aromatic rings. The van der Waals surface area contributed by atoms with Crippen LogP contribution in [0.4, 0.5) is 0 Å². The summed E-state index contributed by atoms with van der Waals surface area (Å²) in [6, 6.07) is 12.5. The van der Waals surface area contributed by atoms with Gasteiger partial charge in [0.05, 0.1) is 18.0 Å². The number of nitrogens with zero attached hydrogens (tertiary/aromatic N) is 1. The Balaban J connectivity index is 1.49. The molecular weight excluding hydrogens is 400 g/mol. The number of carbonyl (C=O) groups excluding carboxylic acids is 2. The lowest BCUT2D eigenvalue weighted by molar-refractivity contribution is 0.0733. The molecule has 0 spiro atoms. The maximum absolute atomic E-state index is 12.5. The summed E-state index contributed by atoms with van der Waals surface area (Å²) in [6.45, 7) is 0.107. The van der Waals surface area contributed by atoms with Crippen molar-refractivity contribution in [3.63, 3.8) is 0 Å².